The van der Waals surface area contributed by atoms with Crippen molar-refractivity contribution in [1.29, 1.82) is 0 Å². The molecule has 0 rings (SSSR count). The van der Waals surface area contributed by atoms with Gasteiger partial charge in [-0.15, -0.1) is 0 Å². The van der Waals surface area contributed by atoms with Crippen LogP contribution < -0.4 is 11.5 Å². The second-order valence-corrected chi connectivity index (χ2v) is 6.86. The van der Waals surface area contributed by atoms with Crippen molar-refractivity contribution in [3.8, 4) is 0 Å². The van der Waals surface area contributed by atoms with Gasteiger partial charge in [-0.1, -0.05) is 34.6 Å². The first-order chi connectivity index (χ1) is 8.51. The van der Waals surface area contributed by atoms with Gasteiger partial charge < -0.3 is 16.4 Å². The molecule has 0 radical (unpaired) electrons. The number of carbonyl (C=O) groups is 2. The number of nitrogens with two attached hydrogens (primary N) is 2. The minimum atomic E-state index is -0.488. The van der Waals surface area contributed by atoms with Crippen LogP contribution in [0.5, 0.6) is 0 Å². The second-order valence-electron chi connectivity index (χ2n) is 6.86. The molecule has 1 atom stereocenters. The number of carbonyl (C=O) groups excluding carboxylic acids is 2. The normalized spacial score (nSPS) is 13.4. The summed E-state index contributed by atoms with van der Waals surface area (Å²) in [6.07, 6.45) is 1.03. The fourth-order valence-electron chi connectivity index (χ4n) is 2.10. The largest absolute Gasteiger partial charge is 0.368 e. The number of hydrogen-bond donors (Lipinski definition) is 2. The summed E-state index contributed by atoms with van der Waals surface area (Å²) in [5.41, 5.74) is 11.3. The first-order valence-corrected chi connectivity index (χ1v) is 6.83. The maximum Gasteiger partial charge on any atom is 0.237 e. The molecule has 19 heavy (non-hydrogen) atoms. The van der Waals surface area contributed by atoms with Crippen LogP contribution in [0.15, 0.2) is 0 Å². The van der Waals surface area contributed by atoms with Crippen molar-refractivity contribution in [3.63, 3.8) is 0 Å². The van der Waals surface area contributed by atoms with E-state index in [-0.39, 0.29) is 30.3 Å². The van der Waals surface area contributed by atoms with Gasteiger partial charge in [0, 0.05) is 19.0 Å². The van der Waals surface area contributed by atoms with E-state index in [1.54, 1.807) is 0 Å². The van der Waals surface area contributed by atoms with E-state index in [9.17, 15) is 9.59 Å². The molecule has 0 aromatic rings. The van der Waals surface area contributed by atoms with Crippen LogP contribution in [0.25, 0.3) is 0 Å². The summed E-state index contributed by atoms with van der Waals surface area (Å²) in [6.45, 7) is 10.8. The molecule has 1 unspecified atom stereocenters. The molecule has 5 nitrogen and oxygen atoms in total. The molecule has 0 heterocycles. The van der Waals surface area contributed by atoms with Gasteiger partial charge in [-0.25, -0.2) is 0 Å². The van der Waals surface area contributed by atoms with Gasteiger partial charge in [-0.3, -0.25) is 9.59 Å². The Hall–Kier alpha value is -1.10. The number of nitrogens with zero attached hydrogens (tertiary/aromatic N) is 1. The molecule has 4 N–H and O–H groups in total. The molecule has 0 aliphatic heterocycles. The predicted molar refractivity (Wildman–Crippen MR) is 77.3 cm³/mol. The van der Waals surface area contributed by atoms with Crippen molar-refractivity contribution >= 4 is 11.8 Å². The summed E-state index contributed by atoms with van der Waals surface area (Å²) in [7, 11) is 0. The van der Waals surface area contributed by atoms with E-state index in [4.69, 9.17) is 11.5 Å². The highest BCUT2D eigenvalue weighted by Crippen LogP contribution is 2.21. The summed E-state index contributed by atoms with van der Waals surface area (Å²) < 4.78 is 0. The van der Waals surface area contributed by atoms with E-state index in [0.29, 0.717) is 12.5 Å². The number of amides is 2. The number of primary amides is 1. The second kappa shape index (κ2) is 7.48. The predicted octanol–water partition coefficient (Wildman–Crippen LogP) is 1.11. The lowest BCUT2D eigenvalue weighted by Gasteiger charge is -2.27. The smallest absolute Gasteiger partial charge is 0.237 e. The zero-order chi connectivity index (χ0) is 15.2. The molecule has 0 aliphatic rings. The highest BCUT2D eigenvalue weighted by Gasteiger charge is 2.22. The Morgan fingerprint density at radius 1 is 1.21 bits per heavy atom. The third-order valence-electron chi connectivity index (χ3n) is 2.60. The van der Waals surface area contributed by atoms with Gasteiger partial charge in [0.1, 0.15) is 0 Å². The van der Waals surface area contributed by atoms with Crippen LogP contribution in [-0.2, 0) is 9.59 Å². The van der Waals surface area contributed by atoms with Crippen LogP contribution in [0.1, 0.15) is 47.5 Å². The van der Waals surface area contributed by atoms with E-state index in [1.807, 2.05) is 13.8 Å². The van der Waals surface area contributed by atoms with E-state index in [2.05, 4.69) is 20.8 Å². The fraction of sp³-hybridized carbons (Fsp3) is 0.857. The van der Waals surface area contributed by atoms with Crippen molar-refractivity contribution in [1.82, 2.24) is 4.90 Å². The quantitative estimate of drug-likeness (QED) is 0.727. The molecule has 0 aliphatic carbocycles. The Morgan fingerprint density at radius 3 is 2.11 bits per heavy atom. The highest BCUT2D eigenvalue weighted by atomic mass is 16.2. The fourth-order valence-corrected chi connectivity index (χ4v) is 2.10. The van der Waals surface area contributed by atoms with Crippen LogP contribution >= 0.6 is 0 Å². The van der Waals surface area contributed by atoms with E-state index in [1.165, 1.54) is 4.90 Å². The first-order valence-electron chi connectivity index (χ1n) is 6.83. The zero-order valence-electron chi connectivity index (χ0n) is 12.9. The minimum Gasteiger partial charge on any atom is -0.368 e. The van der Waals surface area contributed by atoms with Gasteiger partial charge >= 0.3 is 0 Å². The molecular formula is C14H29N3O2. The maximum atomic E-state index is 12.1. The first kappa shape index (κ1) is 17.9. The van der Waals surface area contributed by atoms with Gasteiger partial charge in [0.2, 0.25) is 11.8 Å². The highest BCUT2D eigenvalue weighted by molar-refractivity contribution is 5.84. The molecule has 0 bridgehead atoms. The summed E-state index contributed by atoms with van der Waals surface area (Å²) in [6, 6.07) is -0.185. The Morgan fingerprint density at radius 2 is 1.74 bits per heavy atom. The summed E-state index contributed by atoms with van der Waals surface area (Å²) >= 11 is 0. The van der Waals surface area contributed by atoms with E-state index < -0.39 is 5.91 Å². The average Bonchev–Trinajstić information content (AvgIpc) is 2.11. The molecule has 0 aromatic heterocycles. The Labute approximate surface area is 116 Å². The van der Waals surface area contributed by atoms with Gasteiger partial charge in [0.05, 0.1) is 6.54 Å². The van der Waals surface area contributed by atoms with E-state index in [0.717, 1.165) is 6.42 Å². The van der Waals surface area contributed by atoms with Crippen LogP contribution in [0, 0.1) is 11.3 Å². The van der Waals surface area contributed by atoms with Crippen LogP contribution in [0.4, 0.5) is 0 Å². The SMILES string of the molecule is CC(C)CN(CC(N)=O)C(=O)CC(N)CC(C)(C)C. The topological polar surface area (TPSA) is 89.4 Å². The maximum absolute atomic E-state index is 12.1. The summed E-state index contributed by atoms with van der Waals surface area (Å²) in [5.74, 6) is -0.287. The lowest BCUT2D eigenvalue weighted by Crippen LogP contribution is -2.43. The monoisotopic (exact) mass is 271 g/mol. The van der Waals surface area contributed by atoms with Gasteiger partial charge in [-0.05, 0) is 17.8 Å². The van der Waals surface area contributed by atoms with Crippen LogP contribution in [-0.4, -0.2) is 35.8 Å². The van der Waals surface area contributed by atoms with Crippen LogP contribution in [0.2, 0.25) is 0 Å². The Bertz CT molecular complexity index is 308. The molecule has 5 heteroatoms. The molecule has 112 valence electrons. The third kappa shape index (κ3) is 9.47. The van der Waals surface area contributed by atoms with Crippen molar-refractivity contribution in [2.45, 2.75) is 53.5 Å². The molecule has 0 fully saturated rings. The van der Waals surface area contributed by atoms with Crippen molar-refractivity contribution in [2.24, 2.45) is 22.8 Å². The molecule has 0 spiro atoms. The summed E-state index contributed by atoms with van der Waals surface area (Å²) in [4.78, 5) is 24.7. The van der Waals surface area contributed by atoms with Crippen molar-refractivity contribution < 1.29 is 9.59 Å². The number of hydrogen-bond acceptors (Lipinski definition) is 3. The van der Waals surface area contributed by atoms with Crippen LogP contribution in [0.3, 0.4) is 0 Å². The van der Waals surface area contributed by atoms with Crippen molar-refractivity contribution in [2.75, 3.05) is 13.1 Å². The standard InChI is InChI=1S/C14H29N3O2/c1-10(2)8-17(9-12(16)18)13(19)6-11(15)7-14(3,4)5/h10-11H,6-9,15H2,1-5H3,(H2,16,18). The molecule has 0 saturated carbocycles. The third-order valence-corrected chi connectivity index (χ3v) is 2.60. The minimum absolute atomic E-state index is 0.0285. The van der Waals surface area contributed by atoms with Gasteiger partial charge in [0.15, 0.2) is 0 Å². The lowest BCUT2D eigenvalue weighted by atomic mass is 9.87. The zero-order valence-corrected chi connectivity index (χ0v) is 12.9. The molecular weight excluding hydrogens is 242 g/mol. The molecule has 2 amide bonds. The number of rotatable bonds is 7. The van der Waals surface area contributed by atoms with Crippen molar-refractivity contribution in [3.05, 3.63) is 0 Å². The average molecular weight is 271 g/mol. The Balaban J connectivity index is 4.50. The summed E-state index contributed by atoms with van der Waals surface area (Å²) in [5, 5.41) is 0. The van der Waals surface area contributed by atoms with Gasteiger partial charge in [0.25, 0.3) is 0 Å². The molecule has 0 aromatic carbocycles. The Kier molecular flexibility index (Phi) is 7.05. The van der Waals surface area contributed by atoms with Gasteiger partial charge in [-0.2, -0.15) is 0 Å². The lowest BCUT2D eigenvalue weighted by molar-refractivity contribution is -0.136. The van der Waals surface area contributed by atoms with E-state index >= 15 is 0 Å². The molecule has 0 saturated heterocycles.